The van der Waals surface area contributed by atoms with E-state index in [2.05, 4.69) is 20.7 Å². The molecule has 0 saturated carbocycles. The van der Waals surface area contributed by atoms with Gasteiger partial charge in [0.1, 0.15) is 5.75 Å². The molecule has 0 spiro atoms. The van der Waals surface area contributed by atoms with Crippen LogP contribution in [0.15, 0.2) is 64.9 Å². The van der Waals surface area contributed by atoms with Gasteiger partial charge in [-0.15, -0.1) is 10.2 Å². The first kappa shape index (κ1) is 17.7. The number of rotatable bonds is 6. The number of benzene rings is 2. The highest BCUT2D eigenvalue weighted by atomic mass is 32.2. The van der Waals surface area contributed by atoms with Crippen LogP contribution in [0.25, 0.3) is 11.4 Å². The van der Waals surface area contributed by atoms with Crippen molar-refractivity contribution in [1.82, 2.24) is 20.2 Å². The molecule has 2 aromatic carbocycles. The van der Waals surface area contributed by atoms with Crippen LogP contribution in [0, 0.1) is 0 Å². The first-order valence-corrected chi connectivity index (χ1v) is 8.81. The van der Waals surface area contributed by atoms with E-state index >= 15 is 0 Å². The van der Waals surface area contributed by atoms with Crippen LogP contribution in [-0.2, 0) is 11.8 Å². The van der Waals surface area contributed by atoms with Crippen molar-refractivity contribution in [2.45, 2.75) is 5.16 Å². The topological polar surface area (TPSA) is 92.4 Å². The number of aromatic hydroxyl groups is 1. The smallest absolute Gasteiger partial charge is 0.250 e. The fraction of sp³-hybridized carbons (Fsp3) is 0.111. The number of para-hydroxylation sites is 1. The minimum atomic E-state index is -0.272. The Morgan fingerprint density at radius 2 is 1.92 bits per heavy atom. The third kappa shape index (κ3) is 4.28. The number of nitrogens with one attached hydrogen (secondary N) is 1. The van der Waals surface area contributed by atoms with Crippen molar-refractivity contribution in [3.63, 3.8) is 0 Å². The fourth-order valence-corrected chi connectivity index (χ4v) is 2.92. The standard InChI is InChI=1S/C18H17N5O2S/c1-23-17(13-7-3-2-4-8-13)21-22-18(23)26-12-16(25)20-19-11-14-9-5-6-10-15(14)24/h2-11,24H,12H2,1H3,(H,20,25)/b19-11-. The zero-order valence-electron chi connectivity index (χ0n) is 14.0. The maximum absolute atomic E-state index is 11.9. The van der Waals surface area contributed by atoms with Gasteiger partial charge >= 0.3 is 0 Å². The molecule has 0 fully saturated rings. The number of carbonyl (C=O) groups is 1. The van der Waals surface area contributed by atoms with Crippen LogP contribution in [0.5, 0.6) is 5.75 Å². The molecule has 0 unspecified atom stereocenters. The highest BCUT2D eigenvalue weighted by Gasteiger charge is 2.12. The number of hydrogen-bond acceptors (Lipinski definition) is 6. The van der Waals surface area contributed by atoms with Gasteiger partial charge in [-0.2, -0.15) is 5.10 Å². The van der Waals surface area contributed by atoms with Gasteiger partial charge in [-0.1, -0.05) is 54.2 Å². The van der Waals surface area contributed by atoms with Gasteiger partial charge in [-0.25, -0.2) is 5.43 Å². The van der Waals surface area contributed by atoms with Crippen molar-refractivity contribution in [3.05, 3.63) is 60.2 Å². The van der Waals surface area contributed by atoms with Crippen molar-refractivity contribution in [2.24, 2.45) is 12.1 Å². The lowest BCUT2D eigenvalue weighted by Gasteiger charge is -2.03. The van der Waals surface area contributed by atoms with E-state index < -0.39 is 0 Å². The molecule has 0 aliphatic heterocycles. The number of phenolic OH excluding ortho intramolecular Hbond substituents is 1. The Hall–Kier alpha value is -3.13. The quantitative estimate of drug-likeness (QED) is 0.397. The number of hydrogen-bond donors (Lipinski definition) is 2. The normalized spacial score (nSPS) is 11.0. The van der Waals surface area contributed by atoms with E-state index in [-0.39, 0.29) is 17.4 Å². The third-order valence-electron chi connectivity index (χ3n) is 3.53. The van der Waals surface area contributed by atoms with Gasteiger partial charge in [0.2, 0.25) is 0 Å². The minimum absolute atomic E-state index is 0.104. The summed E-state index contributed by atoms with van der Waals surface area (Å²) < 4.78 is 1.85. The summed E-state index contributed by atoms with van der Waals surface area (Å²) in [5.41, 5.74) is 3.92. The largest absolute Gasteiger partial charge is 0.507 e. The lowest BCUT2D eigenvalue weighted by Crippen LogP contribution is -2.19. The molecule has 132 valence electrons. The van der Waals surface area contributed by atoms with Crippen molar-refractivity contribution in [1.29, 1.82) is 0 Å². The van der Waals surface area contributed by atoms with Crippen LogP contribution in [0.3, 0.4) is 0 Å². The number of phenols is 1. The SMILES string of the molecule is Cn1c(SCC(=O)N/N=C\c2ccccc2O)nnc1-c1ccccc1. The van der Waals surface area contributed by atoms with Gasteiger partial charge in [0.25, 0.3) is 5.91 Å². The number of thioether (sulfide) groups is 1. The molecule has 3 aromatic rings. The lowest BCUT2D eigenvalue weighted by molar-refractivity contribution is -0.118. The molecule has 2 N–H and O–H groups in total. The molecule has 0 bridgehead atoms. The van der Waals surface area contributed by atoms with Crippen molar-refractivity contribution in [3.8, 4) is 17.1 Å². The summed E-state index contributed by atoms with van der Waals surface area (Å²) in [6.45, 7) is 0. The van der Waals surface area contributed by atoms with E-state index in [4.69, 9.17) is 0 Å². The Balaban J connectivity index is 1.55. The van der Waals surface area contributed by atoms with Crippen molar-refractivity contribution in [2.75, 3.05) is 5.75 Å². The Kier molecular flexibility index (Phi) is 5.65. The summed E-state index contributed by atoms with van der Waals surface area (Å²) in [5, 5.41) is 22.4. The molecule has 0 atom stereocenters. The van der Waals surface area contributed by atoms with Crippen LogP contribution in [0.1, 0.15) is 5.56 Å². The van der Waals surface area contributed by atoms with Crippen LogP contribution < -0.4 is 5.43 Å². The second-order valence-electron chi connectivity index (χ2n) is 5.37. The summed E-state index contributed by atoms with van der Waals surface area (Å²) >= 11 is 1.27. The number of carbonyl (C=O) groups excluding carboxylic acids is 1. The van der Waals surface area contributed by atoms with Crippen LogP contribution >= 0.6 is 11.8 Å². The number of amides is 1. The maximum Gasteiger partial charge on any atom is 0.250 e. The Morgan fingerprint density at radius 3 is 2.69 bits per heavy atom. The summed E-state index contributed by atoms with van der Waals surface area (Å²) in [4.78, 5) is 11.9. The van der Waals surface area contributed by atoms with Crippen molar-refractivity contribution < 1.29 is 9.90 Å². The second kappa shape index (κ2) is 8.30. The molecule has 1 heterocycles. The van der Waals surface area contributed by atoms with Gasteiger partial charge in [0.05, 0.1) is 12.0 Å². The summed E-state index contributed by atoms with van der Waals surface area (Å²) in [6.07, 6.45) is 1.40. The van der Waals surface area contributed by atoms with E-state index in [1.807, 2.05) is 41.9 Å². The van der Waals surface area contributed by atoms with Gasteiger partial charge in [-0.3, -0.25) is 4.79 Å². The zero-order valence-corrected chi connectivity index (χ0v) is 14.8. The molecule has 0 radical (unpaired) electrons. The van der Waals surface area contributed by atoms with Gasteiger partial charge in [0.15, 0.2) is 11.0 Å². The average molecular weight is 367 g/mol. The van der Waals surface area contributed by atoms with Crippen LogP contribution in [0.2, 0.25) is 0 Å². The van der Waals surface area contributed by atoms with Gasteiger partial charge in [-0.05, 0) is 12.1 Å². The average Bonchev–Trinajstić information content (AvgIpc) is 3.03. The maximum atomic E-state index is 11.9. The van der Waals surface area contributed by atoms with Gasteiger partial charge in [0, 0.05) is 18.2 Å². The molecule has 8 heteroatoms. The number of hydrazone groups is 1. The van der Waals surface area contributed by atoms with E-state index in [9.17, 15) is 9.90 Å². The van der Waals surface area contributed by atoms with E-state index in [1.165, 1.54) is 18.0 Å². The first-order chi connectivity index (χ1) is 12.6. The second-order valence-corrected chi connectivity index (χ2v) is 6.31. The van der Waals surface area contributed by atoms with Crippen LogP contribution in [-0.4, -0.2) is 37.7 Å². The molecular weight excluding hydrogens is 350 g/mol. The molecule has 3 rings (SSSR count). The molecule has 0 aliphatic carbocycles. The Bertz CT molecular complexity index is 924. The van der Waals surface area contributed by atoms with E-state index in [1.54, 1.807) is 24.3 Å². The molecule has 0 saturated heterocycles. The van der Waals surface area contributed by atoms with Crippen LogP contribution in [0.4, 0.5) is 0 Å². The Labute approximate surface area is 154 Å². The lowest BCUT2D eigenvalue weighted by atomic mass is 10.2. The van der Waals surface area contributed by atoms with Gasteiger partial charge < -0.3 is 9.67 Å². The highest BCUT2D eigenvalue weighted by Crippen LogP contribution is 2.22. The molecule has 26 heavy (non-hydrogen) atoms. The predicted molar refractivity (Wildman–Crippen MR) is 101 cm³/mol. The molecule has 1 aromatic heterocycles. The summed E-state index contributed by atoms with van der Waals surface area (Å²) in [7, 11) is 1.86. The van der Waals surface area contributed by atoms with E-state index in [0.717, 1.165) is 11.4 Å². The first-order valence-electron chi connectivity index (χ1n) is 7.82. The third-order valence-corrected chi connectivity index (χ3v) is 4.55. The predicted octanol–water partition coefficient (Wildman–Crippen LogP) is 2.43. The van der Waals surface area contributed by atoms with Crippen molar-refractivity contribution >= 4 is 23.9 Å². The molecular formula is C18H17N5O2S. The monoisotopic (exact) mass is 367 g/mol. The number of nitrogens with zero attached hydrogens (tertiary/aromatic N) is 4. The molecule has 1 amide bonds. The highest BCUT2D eigenvalue weighted by molar-refractivity contribution is 7.99. The molecule has 0 aliphatic rings. The van der Waals surface area contributed by atoms with E-state index in [0.29, 0.717) is 10.7 Å². The summed E-state index contributed by atoms with van der Waals surface area (Å²) in [5.74, 6) is 0.725. The zero-order chi connectivity index (χ0) is 18.4. The minimum Gasteiger partial charge on any atom is -0.507 e. The number of aromatic nitrogens is 3. The molecule has 7 nitrogen and oxygen atoms in total. The fourth-order valence-electron chi connectivity index (χ4n) is 2.21. The summed E-state index contributed by atoms with van der Waals surface area (Å²) in [6, 6.07) is 16.5. The Morgan fingerprint density at radius 1 is 1.19 bits per heavy atom.